The van der Waals surface area contributed by atoms with Gasteiger partial charge in [0.25, 0.3) is 16.8 Å². The van der Waals surface area contributed by atoms with Gasteiger partial charge in [-0.25, -0.2) is 0 Å². The van der Waals surface area contributed by atoms with Gasteiger partial charge in [-0.1, -0.05) is 30.8 Å². The number of nitrogens with zero attached hydrogens (tertiary/aromatic N) is 4. The lowest BCUT2D eigenvalue weighted by Crippen LogP contribution is -2.38. The lowest BCUT2D eigenvalue weighted by molar-refractivity contribution is -0.384. The molecule has 1 aromatic heterocycles. The largest absolute Gasteiger partial charge is 0.411 e. The second kappa shape index (κ2) is 7.64. The monoisotopic (exact) mass is 362 g/mol. The SMILES string of the molecule is CC1CCN(C(=O)CSc2nnc(-c3ccccc3[N+](=O)[O-])o2)CC1. The maximum absolute atomic E-state index is 12.2. The molecule has 1 fully saturated rings. The van der Waals surface area contributed by atoms with Crippen LogP contribution in [0.2, 0.25) is 0 Å². The first kappa shape index (κ1) is 17.4. The van der Waals surface area contributed by atoms with Crippen LogP contribution in [0.25, 0.3) is 11.5 Å². The fraction of sp³-hybridized carbons (Fsp3) is 0.438. The molecule has 0 saturated carbocycles. The third-order valence-electron chi connectivity index (χ3n) is 4.19. The number of carbonyl (C=O) groups excluding carboxylic acids is 1. The third-order valence-corrected chi connectivity index (χ3v) is 5.00. The number of nitro benzene ring substituents is 1. The van der Waals surface area contributed by atoms with E-state index in [1.165, 1.54) is 6.07 Å². The van der Waals surface area contributed by atoms with Crippen LogP contribution >= 0.6 is 11.8 Å². The molecular formula is C16H18N4O4S. The summed E-state index contributed by atoms with van der Waals surface area (Å²) in [5.41, 5.74) is 0.171. The van der Waals surface area contributed by atoms with Gasteiger partial charge in [-0.05, 0) is 24.8 Å². The molecule has 0 radical (unpaired) electrons. The van der Waals surface area contributed by atoms with E-state index in [1.54, 1.807) is 18.2 Å². The van der Waals surface area contributed by atoms with E-state index in [1.807, 2.05) is 4.90 Å². The molecule has 9 heteroatoms. The van der Waals surface area contributed by atoms with Crippen molar-refractivity contribution in [1.82, 2.24) is 15.1 Å². The fourth-order valence-corrected chi connectivity index (χ4v) is 3.33. The van der Waals surface area contributed by atoms with Gasteiger partial charge < -0.3 is 9.32 Å². The Kier molecular flexibility index (Phi) is 5.32. The average Bonchev–Trinajstić information content (AvgIpc) is 3.09. The molecule has 2 aromatic rings. The van der Waals surface area contributed by atoms with Crippen LogP contribution in [-0.4, -0.2) is 44.8 Å². The minimum Gasteiger partial charge on any atom is -0.411 e. The van der Waals surface area contributed by atoms with Crippen molar-refractivity contribution in [3.8, 4) is 11.5 Å². The standard InChI is InChI=1S/C16H18N4O4S/c1-11-6-8-19(9-7-11)14(21)10-25-16-18-17-15(24-16)12-4-2-3-5-13(12)20(22)23/h2-5,11H,6-10H2,1H3. The summed E-state index contributed by atoms with van der Waals surface area (Å²) < 4.78 is 5.48. The summed E-state index contributed by atoms with van der Waals surface area (Å²) in [4.78, 5) is 24.7. The number of piperidine rings is 1. The van der Waals surface area contributed by atoms with Crippen molar-refractivity contribution < 1.29 is 14.1 Å². The van der Waals surface area contributed by atoms with E-state index in [2.05, 4.69) is 17.1 Å². The predicted octanol–water partition coefficient (Wildman–Crippen LogP) is 3.00. The van der Waals surface area contributed by atoms with Gasteiger partial charge in [0, 0.05) is 19.2 Å². The first-order chi connectivity index (χ1) is 12.0. The van der Waals surface area contributed by atoms with Gasteiger partial charge in [0.05, 0.1) is 10.7 Å². The second-order valence-electron chi connectivity index (χ2n) is 6.00. The molecular weight excluding hydrogens is 344 g/mol. The first-order valence-corrected chi connectivity index (χ1v) is 9.01. The Morgan fingerprint density at radius 3 is 2.80 bits per heavy atom. The maximum Gasteiger partial charge on any atom is 0.282 e. The molecule has 1 aliphatic rings. The van der Waals surface area contributed by atoms with Crippen LogP contribution in [0.3, 0.4) is 0 Å². The van der Waals surface area contributed by atoms with Crippen molar-refractivity contribution >= 4 is 23.4 Å². The zero-order valence-electron chi connectivity index (χ0n) is 13.8. The molecule has 0 spiro atoms. The molecule has 1 aliphatic heterocycles. The highest BCUT2D eigenvalue weighted by molar-refractivity contribution is 7.99. The van der Waals surface area contributed by atoms with E-state index in [0.29, 0.717) is 5.92 Å². The van der Waals surface area contributed by atoms with Crippen LogP contribution in [-0.2, 0) is 4.79 Å². The van der Waals surface area contributed by atoms with Crippen molar-refractivity contribution in [2.75, 3.05) is 18.8 Å². The zero-order chi connectivity index (χ0) is 17.8. The highest BCUT2D eigenvalue weighted by atomic mass is 32.2. The lowest BCUT2D eigenvalue weighted by Gasteiger charge is -2.30. The van der Waals surface area contributed by atoms with Gasteiger partial charge in [0.1, 0.15) is 5.56 Å². The zero-order valence-corrected chi connectivity index (χ0v) is 14.6. The van der Waals surface area contributed by atoms with Gasteiger partial charge in [0.2, 0.25) is 5.91 Å². The maximum atomic E-state index is 12.2. The molecule has 132 valence electrons. The summed E-state index contributed by atoms with van der Waals surface area (Å²) in [6.45, 7) is 3.76. The van der Waals surface area contributed by atoms with Crippen LogP contribution in [0.5, 0.6) is 0 Å². The Labute approximate surface area is 148 Å². The first-order valence-electron chi connectivity index (χ1n) is 8.02. The van der Waals surface area contributed by atoms with Gasteiger partial charge in [-0.3, -0.25) is 14.9 Å². The topological polar surface area (TPSA) is 102 Å². The van der Waals surface area contributed by atoms with E-state index in [9.17, 15) is 14.9 Å². The van der Waals surface area contributed by atoms with E-state index >= 15 is 0 Å². The van der Waals surface area contributed by atoms with E-state index in [0.717, 1.165) is 37.7 Å². The molecule has 1 saturated heterocycles. The number of likely N-dealkylation sites (tertiary alicyclic amines) is 1. The molecule has 25 heavy (non-hydrogen) atoms. The number of hydrogen-bond donors (Lipinski definition) is 0. The van der Waals surface area contributed by atoms with Crippen molar-refractivity contribution in [3.05, 3.63) is 34.4 Å². The Morgan fingerprint density at radius 1 is 1.36 bits per heavy atom. The quantitative estimate of drug-likeness (QED) is 0.457. The van der Waals surface area contributed by atoms with Crippen LogP contribution < -0.4 is 0 Å². The highest BCUT2D eigenvalue weighted by Gasteiger charge is 2.22. The Bertz CT molecular complexity index is 771. The van der Waals surface area contributed by atoms with Crippen LogP contribution in [0.4, 0.5) is 5.69 Å². The number of nitro groups is 1. The number of rotatable bonds is 5. The highest BCUT2D eigenvalue weighted by Crippen LogP contribution is 2.30. The lowest BCUT2D eigenvalue weighted by atomic mass is 9.99. The third kappa shape index (κ3) is 4.16. The van der Waals surface area contributed by atoms with Gasteiger partial charge >= 0.3 is 0 Å². The van der Waals surface area contributed by atoms with E-state index in [-0.39, 0.29) is 34.0 Å². The number of aromatic nitrogens is 2. The molecule has 0 atom stereocenters. The van der Waals surface area contributed by atoms with Gasteiger partial charge in [0.15, 0.2) is 0 Å². The van der Waals surface area contributed by atoms with Crippen LogP contribution in [0, 0.1) is 16.0 Å². The van der Waals surface area contributed by atoms with Crippen LogP contribution in [0.15, 0.2) is 33.9 Å². The molecule has 0 N–H and O–H groups in total. The molecule has 8 nitrogen and oxygen atoms in total. The summed E-state index contributed by atoms with van der Waals surface area (Å²) in [5, 5.41) is 19.0. The number of carbonyl (C=O) groups is 1. The van der Waals surface area contributed by atoms with E-state index in [4.69, 9.17) is 4.42 Å². The van der Waals surface area contributed by atoms with Crippen LogP contribution in [0.1, 0.15) is 19.8 Å². The molecule has 2 heterocycles. The summed E-state index contributed by atoms with van der Waals surface area (Å²) in [5.74, 6) is 1.00. The molecule has 3 rings (SSSR count). The summed E-state index contributed by atoms with van der Waals surface area (Å²) in [6, 6.07) is 6.18. The predicted molar refractivity (Wildman–Crippen MR) is 92.1 cm³/mol. The van der Waals surface area contributed by atoms with Gasteiger partial charge in [-0.15, -0.1) is 10.2 Å². The summed E-state index contributed by atoms with van der Waals surface area (Å²) in [6.07, 6.45) is 2.05. The Hall–Kier alpha value is -2.42. The smallest absolute Gasteiger partial charge is 0.282 e. The van der Waals surface area contributed by atoms with Crippen molar-refractivity contribution in [1.29, 1.82) is 0 Å². The number of amides is 1. The van der Waals surface area contributed by atoms with Crippen molar-refractivity contribution in [2.45, 2.75) is 25.0 Å². The minimum atomic E-state index is -0.493. The Balaban J connectivity index is 1.63. The van der Waals surface area contributed by atoms with E-state index < -0.39 is 4.92 Å². The minimum absolute atomic E-state index is 0.0438. The molecule has 1 amide bonds. The van der Waals surface area contributed by atoms with Gasteiger partial charge in [-0.2, -0.15) is 0 Å². The average molecular weight is 362 g/mol. The molecule has 0 bridgehead atoms. The normalized spacial score (nSPS) is 15.3. The number of hydrogen-bond acceptors (Lipinski definition) is 7. The number of thioether (sulfide) groups is 1. The Morgan fingerprint density at radius 2 is 2.08 bits per heavy atom. The number of para-hydroxylation sites is 1. The van der Waals surface area contributed by atoms with Crippen molar-refractivity contribution in [2.24, 2.45) is 5.92 Å². The molecule has 1 aromatic carbocycles. The summed E-state index contributed by atoms with van der Waals surface area (Å²) in [7, 11) is 0. The fourth-order valence-electron chi connectivity index (χ4n) is 2.66. The van der Waals surface area contributed by atoms with Crippen molar-refractivity contribution in [3.63, 3.8) is 0 Å². The molecule has 0 aliphatic carbocycles. The molecule has 0 unspecified atom stereocenters. The summed E-state index contributed by atoms with van der Waals surface area (Å²) >= 11 is 1.15. The number of benzene rings is 1. The second-order valence-corrected chi connectivity index (χ2v) is 6.93.